The summed E-state index contributed by atoms with van der Waals surface area (Å²) in [6, 6.07) is 17.2. The van der Waals surface area contributed by atoms with Crippen LogP contribution in [0, 0.1) is 0 Å². The van der Waals surface area contributed by atoms with Crippen LogP contribution in [-0.4, -0.2) is 24.6 Å². The first-order valence-corrected chi connectivity index (χ1v) is 8.13. The van der Waals surface area contributed by atoms with Crippen molar-refractivity contribution in [3.05, 3.63) is 65.7 Å². The molecule has 0 fully saturated rings. The maximum Gasteiger partial charge on any atom is 0.387 e. The average Bonchev–Trinajstić information content (AvgIpc) is 2.59. The molecule has 0 radical (unpaired) electrons. The average molecular weight is 334 g/mol. The third-order valence-corrected chi connectivity index (χ3v) is 4.01. The molecule has 2 aromatic rings. The summed E-state index contributed by atoms with van der Waals surface area (Å²) in [7, 11) is 0. The topological polar surface area (TPSA) is 38.5 Å². The first-order chi connectivity index (χ1) is 11.6. The van der Waals surface area contributed by atoms with Crippen LogP contribution in [0.4, 0.5) is 8.78 Å². The largest absolute Gasteiger partial charge is 0.435 e. The molecule has 0 saturated carbocycles. The lowest BCUT2D eigenvalue weighted by Gasteiger charge is -2.29. The highest BCUT2D eigenvalue weighted by atomic mass is 19.3. The Balaban J connectivity index is 2.09. The fourth-order valence-corrected chi connectivity index (χ4v) is 2.66. The summed E-state index contributed by atoms with van der Waals surface area (Å²) in [6.07, 6.45) is 0.906. The van der Waals surface area contributed by atoms with Crippen LogP contribution in [0.25, 0.3) is 0 Å². The van der Waals surface area contributed by atoms with Crippen molar-refractivity contribution in [2.45, 2.75) is 32.5 Å². The molecular weight excluding hydrogens is 310 g/mol. The van der Waals surface area contributed by atoms with Crippen LogP contribution < -0.4 is 10.5 Å². The van der Waals surface area contributed by atoms with E-state index in [4.69, 9.17) is 5.73 Å². The molecule has 24 heavy (non-hydrogen) atoms. The Hall–Kier alpha value is -1.98. The van der Waals surface area contributed by atoms with E-state index in [1.54, 1.807) is 12.1 Å². The van der Waals surface area contributed by atoms with Gasteiger partial charge in [0.2, 0.25) is 0 Å². The van der Waals surface area contributed by atoms with Crippen molar-refractivity contribution in [1.29, 1.82) is 0 Å². The fraction of sp³-hybridized carbons (Fsp3) is 0.368. The molecule has 1 unspecified atom stereocenters. The van der Waals surface area contributed by atoms with Crippen LogP contribution in [-0.2, 0) is 6.54 Å². The third-order valence-electron chi connectivity index (χ3n) is 4.01. The van der Waals surface area contributed by atoms with Crippen LogP contribution in [0.5, 0.6) is 5.75 Å². The molecule has 2 N–H and O–H groups in total. The number of halogens is 2. The molecule has 0 saturated heterocycles. The highest BCUT2D eigenvalue weighted by Crippen LogP contribution is 2.25. The maximum atomic E-state index is 12.2. The second-order valence-electron chi connectivity index (χ2n) is 5.72. The summed E-state index contributed by atoms with van der Waals surface area (Å²) in [5, 5.41) is 0. The van der Waals surface area contributed by atoms with Gasteiger partial charge in [0, 0.05) is 19.1 Å². The van der Waals surface area contributed by atoms with Gasteiger partial charge in [-0.15, -0.1) is 0 Å². The second-order valence-corrected chi connectivity index (χ2v) is 5.72. The van der Waals surface area contributed by atoms with E-state index < -0.39 is 6.61 Å². The van der Waals surface area contributed by atoms with E-state index >= 15 is 0 Å². The van der Waals surface area contributed by atoms with Crippen molar-refractivity contribution in [3.63, 3.8) is 0 Å². The number of hydrogen-bond donors (Lipinski definition) is 1. The molecule has 0 aromatic heterocycles. The van der Waals surface area contributed by atoms with Gasteiger partial charge in [0.05, 0.1) is 0 Å². The minimum atomic E-state index is -2.80. The van der Waals surface area contributed by atoms with Crippen LogP contribution in [0.15, 0.2) is 54.6 Å². The van der Waals surface area contributed by atoms with Gasteiger partial charge in [-0.25, -0.2) is 0 Å². The van der Waals surface area contributed by atoms with Gasteiger partial charge in [0.25, 0.3) is 0 Å². The van der Waals surface area contributed by atoms with E-state index in [9.17, 15) is 8.78 Å². The summed E-state index contributed by atoms with van der Waals surface area (Å²) in [4.78, 5) is 2.34. The number of rotatable bonds is 9. The lowest BCUT2D eigenvalue weighted by Crippen LogP contribution is -2.29. The zero-order valence-electron chi connectivity index (χ0n) is 13.9. The lowest BCUT2D eigenvalue weighted by atomic mass is 10.1. The molecule has 0 spiro atoms. The zero-order valence-corrected chi connectivity index (χ0v) is 13.9. The van der Waals surface area contributed by atoms with Crippen molar-refractivity contribution >= 4 is 0 Å². The standard InChI is InChI=1S/C19H24F2N2O/c1-15(17-8-10-18(11-9-17)24-19(20)21)23(13-5-12-22)14-16-6-3-2-4-7-16/h2-4,6-11,15,19H,5,12-14,22H2,1H3. The SMILES string of the molecule is CC(c1ccc(OC(F)F)cc1)N(CCCN)Cc1ccccc1. The van der Waals surface area contributed by atoms with Crippen molar-refractivity contribution in [2.75, 3.05) is 13.1 Å². The lowest BCUT2D eigenvalue weighted by molar-refractivity contribution is -0.0498. The summed E-state index contributed by atoms with van der Waals surface area (Å²) >= 11 is 0. The molecule has 5 heteroatoms. The van der Waals surface area contributed by atoms with Gasteiger partial charge in [-0.3, -0.25) is 4.90 Å². The predicted molar refractivity (Wildman–Crippen MR) is 92.0 cm³/mol. The van der Waals surface area contributed by atoms with Crippen LogP contribution in [0.3, 0.4) is 0 Å². The van der Waals surface area contributed by atoms with E-state index in [1.807, 2.05) is 30.3 Å². The smallest absolute Gasteiger partial charge is 0.387 e. The van der Waals surface area contributed by atoms with Gasteiger partial charge >= 0.3 is 6.61 Å². The molecule has 2 aromatic carbocycles. The first-order valence-electron chi connectivity index (χ1n) is 8.13. The van der Waals surface area contributed by atoms with E-state index in [0.29, 0.717) is 6.54 Å². The number of hydrogen-bond acceptors (Lipinski definition) is 3. The first kappa shape index (κ1) is 18.4. The second kappa shape index (κ2) is 9.35. The molecule has 2 rings (SSSR count). The van der Waals surface area contributed by atoms with Crippen molar-refractivity contribution in [3.8, 4) is 5.75 Å². The summed E-state index contributed by atoms with van der Waals surface area (Å²) in [6.45, 7) is 1.65. The summed E-state index contributed by atoms with van der Waals surface area (Å²) < 4.78 is 28.9. The van der Waals surface area contributed by atoms with Gasteiger partial charge in [-0.2, -0.15) is 8.78 Å². The van der Waals surface area contributed by atoms with Gasteiger partial charge in [0.1, 0.15) is 5.75 Å². The predicted octanol–water partition coefficient (Wildman–Crippen LogP) is 4.20. The number of ether oxygens (including phenoxy) is 1. The molecule has 0 bridgehead atoms. The van der Waals surface area contributed by atoms with Gasteiger partial charge < -0.3 is 10.5 Å². The van der Waals surface area contributed by atoms with E-state index in [1.165, 1.54) is 5.56 Å². The maximum absolute atomic E-state index is 12.2. The number of benzene rings is 2. The van der Waals surface area contributed by atoms with Crippen molar-refractivity contribution < 1.29 is 13.5 Å². The van der Waals surface area contributed by atoms with E-state index in [-0.39, 0.29) is 11.8 Å². The summed E-state index contributed by atoms with van der Waals surface area (Å²) in [5.74, 6) is 0.178. The molecular formula is C19H24F2N2O. The van der Waals surface area contributed by atoms with Crippen LogP contribution in [0.2, 0.25) is 0 Å². The number of alkyl halides is 2. The molecule has 3 nitrogen and oxygen atoms in total. The van der Waals surface area contributed by atoms with Gasteiger partial charge in [0.15, 0.2) is 0 Å². The Kier molecular flexibility index (Phi) is 7.15. The van der Waals surface area contributed by atoms with Gasteiger partial charge in [-0.05, 0) is 43.1 Å². The Morgan fingerprint density at radius 2 is 1.71 bits per heavy atom. The van der Waals surface area contributed by atoms with Crippen molar-refractivity contribution in [2.24, 2.45) is 5.73 Å². The number of nitrogens with two attached hydrogens (primary N) is 1. The summed E-state index contributed by atoms with van der Waals surface area (Å²) in [5.41, 5.74) is 7.96. The Morgan fingerprint density at radius 3 is 2.29 bits per heavy atom. The minimum Gasteiger partial charge on any atom is -0.435 e. The molecule has 0 aliphatic rings. The molecule has 0 amide bonds. The molecule has 0 heterocycles. The van der Waals surface area contributed by atoms with E-state index in [2.05, 4.69) is 28.7 Å². The highest BCUT2D eigenvalue weighted by molar-refractivity contribution is 5.29. The Bertz CT molecular complexity index is 590. The zero-order chi connectivity index (χ0) is 17.4. The Morgan fingerprint density at radius 1 is 1.04 bits per heavy atom. The monoisotopic (exact) mass is 334 g/mol. The molecule has 0 aliphatic heterocycles. The highest BCUT2D eigenvalue weighted by Gasteiger charge is 2.16. The molecule has 130 valence electrons. The van der Waals surface area contributed by atoms with Crippen LogP contribution in [0.1, 0.15) is 30.5 Å². The van der Waals surface area contributed by atoms with E-state index in [0.717, 1.165) is 25.1 Å². The fourth-order valence-electron chi connectivity index (χ4n) is 2.66. The third kappa shape index (κ3) is 5.58. The number of nitrogens with zero attached hydrogens (tertiary/aromatic N) is 1. The minimum absolute atomic E-state index is 0.150. The Labute approximate surface area is 142 Å². The quantitative estimate of drug-likeness (QED) is 0.747. The van der Waals surface area contributed by atoms with Gasteiger partial charge in [-0.1, -0.05) is 42.5 Å². The van der Waals surface area contributed by atoms with Crippen molar-refractivity contribution in [1.82, 2.24) is 4.90 Å². The molecule has 0 aliphatic carbocycles. The van der Waals surface area contributed by atoms with Crippen LogP contribution >= 0.6 is 0 Å². The normalized spacial score (nSPS) is 12.6. The molecule has 1 atom stereocenters.